The van der Waals surface area contributed by atoms with Crippen molar-refractivity contribution in [3.8, 4) is 0 Å². The van der Waals surface area contributed by atoms with Crippen LogP contribution >= 0.6 is 11.3 Å². The second-order valence-electron chi connectivity index (χ2n) is 10.3. The lowest BCUT2D eigenvalue weighted by Crippen LogP contribution is -2.62. The number of carbonyl (C=O) groups is 2. The maximum Gasteiger partial charge on any atom is 0.240 e. The van der Waals surface area contributed by atoms with Gasteiger partial charge in [0, 0.05) is 28.5 Å². The van der Waals surface area contributed by atoms with Crippen molar-refractivity contribution in [1.82, 2.24) is 20.5 Å². The summed E-state index contributed by atoms with van der Waals surface area (Å²) < 4.78 is 0. The molecule has 2 aliphatic heterocycles. The molecule has 0 radical (unpaired) electrons. The maximum absolute atomic E-state index is 13.0. The molecule has 1 unspecified atom stereocenters. The van der Waals surface area contributed by atoms with Gasteiger partial charge in [-0.2, -0.15) is 0 Å². The first-order valence-electron chi connectivity index (χ1n) is 11.0. The lowest BCUT2D eigenvalue weighted by Gasteiger charge is -2.47. The number of aromatic nitrogens is 1. The SMILES string of the molecule is Cc1nc(NC(=O)CN2CCCC(C(=O)NC3CC(C)(C)NC(C)(C)C3)C2)sc1C. The lowest BCUT2D eigenvalue weighted by atomic mass is 9.79. The van der Waals surface area contributed by atoms with Gasteiger partial charge in [-0.25, -0.2) is 4.98 Å². The minimum Gasteiger partial charge on any atom is -0.353 e. The fourth-order valence-corrected chi connectivity index (χ4v) is 5.88. The van der Waals surface area contributed by atoms with Crippen LogP contribution in [0.2, 0.25) is 0 Å². The number of likely N-dealkylation sites (tertiary alicyclic amines) is 1. The Bertz CT molecular complexity index is 753. The highest BCUT2D eigenvalue weighted by Gasteiger charge is 2.39. The van der Waals surface area contributed by atoms with Gasteiger partial charge in [-0.15, -0.1) is 11.3 Å². The Morgan fingerprint density at radius 1 is 1.20 bits per heavy atom. The third kappa shape index (κ3) is 6.25. The monoisotopic (exact) mass is 435 g/mol. The fraction of sp³-hybridized carbons (Fsp3) is 0.773. The molecule has 168 valence electrons. The Kier molecular flexibility index (Phi) is 6.89. The zero-order valence-electron chi connectivity index (χ0n) is 19.2. The van der Waals surface area contributed by atoms with Crippen molar-refractivity contribution in [1.29, 1.82) is 0 Å². The van der Waals surface area contributed by atoms with Crippen LogP contribution in [0.1, 0.15) is 63.9 Å². The summed E-state index contributed by atoms with van der Waals surface area (Å²) in [5.74, 6) is 0.00783. The number of thiazole rings is 1. The largest absolute Gasteiger partial charge is 0.353 e. The van der Waals surface area contributed by atoms with Crippen LogP contribution in [0.3, 0.4) is 0 Å². The summed E-state index contributed by atoms with van der Waals surface area (Å²) in [6.07, 6.45) is 3.66. The first-order valence-corrected chi connectivity index (χ1v) is 11.8. The van der Waals surface area contributed by atoms with Crippen molar-refractivity contribution in [2.24, 2.45) is 5.92 Å². The molecule has 8 heteroatoms. The normalized spacial score (nSPS) is 24.4. The number of piperidine rings is 2. The van der Waals surface area contributed by atoms with Crippen LogP contribution in [0.5, 0.6) is 0 Å². The number of rotatable bonds is 5. The van der Waals surface area contributed by atoms with E-state index in [0.717, 1.165) is 42.8 Å². The Hall–Kier alpha value is -1.51. The van der Waals surface area contributed by atoms with Gasteiger partial charge in [0.25, 0.3) is 0 Å². The molecule has 3 rings (SSSR count). The molecule has 1 atom stereocenters. The van der Waals surface area contributed by atoms with Gasteiger partial charge in [0.15, 0.2) is 5.13 Å². The first-order chi connectivity index (χ1) is 13.9. The third-order valence-electron chi connectivity index (χ3n) is 6.05. The average Bonchev–Trinajstić information content (AvgIpc) is 2.89. The summed E-state index contributed by atoms with van der Waals surface area (Å²) in [6.45, 7) is 14.5. The van der Waals surface area contributed by atoms with E-state index in [-0.39, 0.29) is 34.9 Å². The van der Waals surface area contributed by atoms with E-state index in [1.807, 2.05) is 13.8 Å². The summed E-state index contributed by atoms with van der Waals surface area (Å²) in [4.78, 5) is 33.0. The van der Waals surface area contributed by atoms with E-state index in [9.17, 15) is 9.59 Å². The maximum atomic E-state index is 13.0. The van der Waals surface area contributed by atoms with Crippen molar-refractivity contribution in [3.05, 3.63) is 10.6 Å². The molecular formula is C22H37N5O2S. The first kappa shape index (κ1) is 23.2. The zero-order chi connectivity index (χ0) is 22.1. The van der Waals surface area contributed by atoms with Gasteiger partial charge in [-0.05, 0) is 73.8 Å². The molecule has 1 aromatic heterocycles. The highest BCUT2D eigenvalue weighted by molar-refractivity contribution is 7.15. The number of aryl methyl sites for hydroxylation is 2. The molecule has 0 spiro atoms. The number of nitrogens with one attached hydrogen (secondary N) is 3. The van der Waals surface area contributed by atoms with Crippen LogP contribution in [0.25, 0.3) is 0 Å². The van der Waals surface area contributed by atoms with Gasteiger partial charge in [0.05, 0.1) is 18.2 Å². The molecule has 0 aromatic carbocycles. The van der Waals surface area contributed by atoms with E-state index in [2.05, 4.69) is 53.5 Å². The Labute approximate surface area is 184 Å². The van der Waals surface area contributed by atoms with E-state index >= 15 is 0 Å². The van der Waals surface area contributed by atoms with Gasteiger partial charge in [-0.3, -0.25) is 14.5 Å². The molecule has 0 bridgehead atoms. The summed E-state index contributed by atoms with van der Waals surface area (Å²) in [6, 6.07) is 0.179. The lowest BCUT2D eigenvalue weighted by molar-refractivity contribution is -0.129. The summed E-state index contributed by atoms with van der Waals surface area (Å²) in [5.41, 5.74) is 0.959. The highest BCUT2D eigenvalue weighted by atomic mass is 32.1. The molecule has 7 nitrogen and oxygen atoms in total. The second-order valence-corrected chi connectivity index (χ2v) is 11.5. The van der Waals surface area contributed by atoms with Gasteiger partial charge < -0.3 is 16.0 Å². The van der Waals surface area contributed by atoms with Crippen LogP contribution in [-0.4, -0.2) is 58.5 Å². The van der Waals surface area contributed by atoms with Crippen molar-refractivity contribution in [2.45, 2.75) is 84.3 Å². The predicted octanol–water partition coefficient (Wildman–Crippen LogP) is 2.84. The number of anilines is 1. The quantitative estimate of drug-likeness (QED) is 0.662. The molecule has 0 saturated carbocycles. The van der Waals surface area contributed by atoms with Gasteiger partial charge in [-0.1, -0.05) is 0 Å². The van der Waals surface area contributed by atoms with Crippen LogP contribution in [0.15, 0.2) is 0 Å². The number of hydrogen-bond acceptors (Lipinski definition) is 6. The van der Waals surface area contributed by atoms with E-state index in [0.29, 0.717) is 18.2 Å². The number of hydrogen-bond donors (Lipinski definition) is 3. The van der Waals surface area contributed by atoms with E-state index in [1.54, 1.807) is 0 Å². The van der Waals surface area contributed by atoms with Crippen LogP contribution in [-0.2, 0) is 9.59 Å². The van der Waals surface area contributed by atoms with Crippen molar-refractivity contribution >= 4 is 28.3 Å². The average molecular weight is 436 g/mol. The van der Waals surface area contributed by atoms with Crippen molar-refractivity contribution in [3.63, 3.8) is 0 Å². The van der Waals surface area contributed by atoms with E-state index in [1.165, 1.54) is 11.3 Å². The van der Waals surface area contributed by atoms with Gasteiger partial charge >= 0.3 is 0 Å². The molecule has 2 fully saturated rings. The summed E-state index contributed by atoms with van der Waals surface area (Å²) in [5, 5.41) is 10.5. The Morgan fingerprint density at radius 3 is 2.47 bits per heavy atom. The molecule has 0 aliphatic carbocycles. The summed E-state index contributed by atoms with van der Waals surface area (Å²) in [7, 11) is 0. The molecule has 2 aliphatic rings. The van der Waals surface area contributed by atoms with Crippen molar-refractivity contribution in [2.75, 3.05) is 25.0 Å². The van der Waals surface area contributed by atoms with Crippen LogP contribution in [0, 0.1) is 19.8 Å². The predicted molar refractivity (Wildman–Crippen MR) is 122 cm³/mol. The van der Waals surface area contributed by atoms with E-state index in [4.69, 9.17) is 0 Å². The Morgan fingerprint density at radius 2 is 1.87 bits per heavy atom. The molecular weight excluding hydrogens is 398 g/mol. The third-order valence-corrected chi connectivity index (χ3v) is 7.04. The zero-order valence-corrected chi connectivity index (χ0v) is 20.0. The number of nitrogens with zero attached hydrogens (tertiary/aromatic N) is 2. The second kappa shape index (κ2) is 8.93. The van der Waals surface area contributed by atoms with Crippen molar-refractivity contribution < 1.29 is 9.59 Å². The topological polar surface area (TPSA) is 86.4 Å². The highest BCUT2D eigenvalue weighted by Crippen LogP contribution is 2.29. The fourth-order valence-electron chi connectivity index (χ4n) is 5.04. The number of amides is 2. The minimum atomic E-state index is -0.0633. The molecule has 1 aromatic rings. The van der Waals surface area contributed by atoms with Gasteiger partial charge in [0.2, 0.25) is 11.8 Å². The van der Waals surface area contributed by atoms with E-state index < -0.39 is 0 Å². The molecule has 2 saturated heterocycles. The smallest absolute Gasteiger partial charge is 0.240 e. The summed E-state index contributed by atoms with van der Waals surface area (Å²) >= 11 is 1.50. The standard InChI is InChI=1S/C22H37N5O2S/c1-14-15(2)30-20(23-14)25-18(28)13-27-9-7-8-16(12-27)19(29)24-17-10-21(3,4)26-22(5,6)11-17/h16-17,26H,7-13H2,1-6H3,(H,24,29)(H,23,25,28). The number of carbonyl (C=O) groups excluding carboxylic acids is 2. The Balaban J connectivity index is 1.51. The molecule has 3 heterocycles. The molecule has 30 heavy (non-hydrogen) atoms. The molecule has 2 amide bonds. The van der Waals surface area contributed by atoms with Crippen LogP contribution in [0.4, 0.5) is 5.13 Å². The van der Waals surface area contributed by atoms with Gasteiger partial charge in [0.1, 0.15) is 0 Å². The minimum absolute atomic E-state index is 0.00290. The molecule has 3 N–H and O–H groups in total. The van der Waals surface area contributed by atoms with Crippen LogP contribution < -0.4 is 16.0 Å².